The van der Waals surface area contributed by atoms with Gasteiger partial charge >= 0.3 is 0 Å². The summed E-state index contributed by atoms with van der Waals surface area (Å²) in [5.74, 6) is 0. The fourth-order valence-electron chi connectivity index (χ4n) is 2.87. The van der Waals surface area contributed by atoms with E-state index in [-0.39, 0.29) is 0 Å². The van der Waals surface area contributed by atoms with Crippen molar-refractivity contribution in [3.8, 4) is 16.9 Å². The molecule has 0 aliphatic heterocycles. The second-order valence-corrected chi connectivity index (χ2v) is 5.43. The van der Waals surface area contributed by atoms with Gasteiger partial charge < -0.3 is 0 Å². The molecule has 106 valence electrons. The first kappa shape index (κ1) is 12.8. The number of fused-ring (bicyclic) bond motifs is 1. The second kappa shape index (κ2) is 5.15. The van der Waals surface area contributed by atoms with Crippen LogP contribution in [0.2, 0.25) is 0 Å². The molecule has 0 spiro atoms. The predicted octanol–water partition coefficient (Wildman–Crippen LogP) is 5.00. The Labute approximate surface area is 129 Å². The molecule has 0 radical (unpaired) electrons. The molecular weight excluding hydrogens is 268 g/mol. The molecule has 0 aliphatic rings. The zero-order valence-electron chi connectivity index (χ0n) is 12.4. The molecule has 3 aromatic carbocycles. The van der Waals surface area contributed by atoms with Gasteiger partial charge in [-0.1, -0.05) is 60.7 Å². The number of aromatic nitrogens is 2. The molecule has 4 aromatic rings. The topological polar surface area (TPSA) is 17.8 Å². The molecule has 0 aliphatic carbocycles. The zero-order chi connectivity index (χ0) is 14.9. The summed E-state index contributed by atoms with van der Waals surface area (Å²) in [4.78, 5) is 0. The van der Waals surface area contributed by atoms with Crippen molar-refractivity contribution >= 4 is 10.9 Å². The lowest BCUT2D eigenvalue weighted by Gasteiger charge is -2.03. The van der Waals surface area contributed by atoms with Crippen LogP contribution in [0.15, 0.2) is 78.9 Å². The third-order valence-corrected chi connectivity index (χ3v) is 3.99. The molecule has 2 heteroatoms. The van der Waals surface area contributed by atoms with Crippen LogP contribution in [0.25, 0.3) is 27.8 Å². The minimum Gasteiger partial charge on any atom is -0.232 e. The highest BCUT2D eigenvalue weighted by atomic mass is 15.3. The Kier molecular flexibility index (Phi) is 3.01. The van der Waals surface area contributed by atoms with E-state index in [1.807, 2.05) is 22.9 Å². The average Bonchev–Trinajstić information content (AvgIpc) is 2.96. The number of nitrogens with zero attached hydrogens (tertiary/aromatic N) is 2. The molecule has 4 rings (SSSR count). The van der Waals surface area contributed by atoms with Crippen LogP contribution in [-0.4, -0.2) is 9.78 Å². The monoisotopic (exact) mass is 284 g/mol. The van der Waals surface area contributed by atoms with E-state index < -0.39 is 0 Å². The van der Waals surface area contributed by atoms with Crippen molar-refractivity contribution in [1.82, 2.24) is 9.78 Å². The van der Waals surface area contributed by atoms with Crippen molar-refractivity contribution in [3.05, 3.63) is 84.4 Å². The molecule has 0 fully saturated rings. The van der Waals surface area contributed by atoms with E-state index in [0.717, 1.165) is 16.9 Å². The molecule has 0 N–H and O–H groups in total. The Bertz CT molecular complexity index is 936. The van der Waals surface area contributed by atoms with Crippen LogP contribution < -0.4 is 0 Å². The van der Waals surface area contributed by atoms with Gasteiger partial charge in [0.15, 0.2) is 0 Å². The summed E-state index contributed by atoms with van der Waals surface area (Å²) >= 11 is 0. The summed E-state index contributed by atoms with van der Waals surface area (Å²) in [7, 11) is 0. The quantitative estimate of drug-likeness (QED) is 0.506. The second-order valence-electron chi connectivity index (χ2n) is 5.43. The molecule has 0 saturated carbocycles. The summed E-state index contributed by atoms with van der Waals surface area (Å²) in [6, 6.07) is 27.1. The first-order valence-corrected chi connectivity index (χ1v) is 7.44. The van der Waals surface area contributed by atoms with E-state index in [9.17, 15) is 0 Å². The first-order valence-electron chi connectivity index (χ1n) is 7.44. The maximum atomic E-state index is 4.91. The molecule has 0 saturated heterocycles. The van der Waals surface area contributed by atoms with Crippen molar-refractivity contribution in [2.24, 2.45) is 0 Å². The normalized spacial score (nSPS) is 11.0. The van der Waals surface area contributed by atoms with Crippen molar-refractivity contribution in [2.75, 3.05) is 0 Å². The molecule has 1 aromatic heterocycles. The number of para-hydroxylation sites is 2. The van der Waals surface area contributed by atoms with Crippen molar-refractivity contribution in [1.29, 1.82) is 0 Å². The smallest absolute Gasteiger partial charge is 0.101 e. The highest BCUT2D eigenvalue weighted by Crippen LogP contribution is 2.31. The molecule has 2 nitrogen and oxygen atoms in total. The molecule has 0 amide bonds. The van der Waals surface area contributed by atoms with Crippen LogP contribution in [0.3, 0.4) is 0 Å². The van der Waals surface area contributed by atoms with E-state index in [1.54, 1.807) is 0 Å². The lowest BCUT2D eigenvalue weighted by molar-refractivity contribution is 0.914. The van der Waals surface area contributed by atoms with Crippen molar-refractivity contribution in [2.45, 2.75) is 6.92 Å². The van der Waals surface area contributed by atoms with Gasteiger partial charge in [0, 0.05) is 10.9 Å². The minimum atomic E-state index is 1.04. The summed E-state index contributed by atoms with van der Waals surface area (Å²) in [6.07, 6.45) is 0. The SMILES string of the molecule is Cc1ccccc1-c1nn(-c2ccccc2)c2ccccc12. The van der Waals surface area contributed by atoms with E-state index in [2.05, 4.69) is 67.6 Å². The van der Waals surface area contributed by atoms with E-state index in [0.29, 0.717) is 0 Å². The van der Waals surface area contributed by atoms with Gasteiger partial charge in [0.25, 0.3) is 0 Å². The van der Waals surface area contributed by atoms with Crippen LogP contribution in [0, 0.1) is 6.92 Å². The van der Waals surface area contributed by atoms with Crippen molar-refractivity contribution < 1.29 is 0 Å². The van der Waals surface area contributed by atoms with Crippen LogP contribution >= 0.6 is 0 Å². The van der Waals surface area contributed by atoms with Gasteiger partial charge in [-0.2, -0.15) is 5.10 Å². The summed E-state index contributed by atoms with van der Waals surface area (Å²) in [5, 5.41) is 6.09. The van der Waals surface area contributed by atoms with Gasteiger partial charge in [-0.15, -0.1) is 0 Å². The number of hydrogen-bond donors (Lipinski definition) is 0. The molecule has 0 bridgehead atoms. The van der Waals surface area contributed by atoms with Gasteiger partial charge in [-0.3, -0.25) is 0 Å². The van der Waals surface area contributed by atoms with Gasteiger partial charge in [0.1, 0.15) is 5.69 Å². The average molecular weight is 284 g/mol. The third-order valence-electron chi connectivity index (χ3n) is 3.99. The lowest BCUT2D eigenvalue weighted by Crippen LogP contribution is -1.96. The fraction of sp³-hybridized carbons (Fsp3) is 0.0500. The molecule has 22 heavy (non-hydrogen) atoms. The maximum absolute atomic E-state index is 4.91. The highest BCUT2D eigenvalue weighted by molar-refractivity contribution is 5.94. The van der Waals surface area contributed by atoms with E-state index in [1.165, 1.54) is 16.5 Å². The summed E-state index contributed by atoms with van der Waals surface area (Å²) < 4.78 is 2.02. The summed E-state index contributed by atoms with van der Waals surface area (Å²) in [5.41, 5.74) is 5.68. The van der Waals surface area contributed by atoms with Crippen LogP contribution in [-0.2, 0) is 0 Å². The Balaban J connectivity index is 2.04. The lowest BCUT2D eigenvalue weighted by atomic mass is 10.0. The van der Waals surface area contributed by atoms with Gasteiger partial charge in [0.2, 0.25) is 0 Å². The van der Waals surface area contributed by atoms with Crippen LogP contribution in [0.1, 0.15) is 5.56 Å². The Morgan fingerprint density at radius 2 is 1.41 bits per heavy atom. The number of rotatable bonds is 2. The zero-order valence-corrected chi connectivity index (χ0v) is 12.4. The maximum Gasteiger partial charge on any atom is 0.101 e. The Morgan fingerprint density at radius 3 is 2.23 bits per heavy atom. The largest absolute Gasteiger partial charge is 0.232 e. The number of aryl methyl sites for hydroxylation is 1. The Morgan fingerprint density at radius 1 is 0.727 bits per heavy atom. The van der Waals surface area contributed by atoms with Crippen LogP contribution in [0.5, 0.6) is 0 Å². The number of hydrogen-bond acceptors (Lipinski definition) is 1. The molecule has 0 unspecified atom stereocenters. The first-order chi connectivity index (χ1) is 10.8. The minimum absolute atomic E-state index is 1.04. The van der Waals surface area contributed by atoms with Gasteiger partial charge in [0.05, 0.1) is 11.2 Å². The highest BCUT2D eigenvalue weighted by Gasteiger charge is 2.14. The molecule has 1 heterocycles. The van der Waals surface area contributed by atoms with Gasteiger partial charge in [-0.05, 0) is 30.7 Å². The standard InChI is InChI=1S/C20H16N2/c1-15-9-5-6-12-17(15)20-18-13-7-8-14-19(18)22(21-20)16-10-3-2-4-11-16/h2-14H,1H3. The predicted molar refractivity (Wildman–Crippen MR) is 91.2 cm³/mol. The molecule has 0 atom stereocenters. The van der Waals surface area contributed by atoms with E-state index in [4.69, 9.17) is 5.10 Å². The van der Waals surface area contributed by atoms with E-state index >= 15 is 0 Å². The summed E-state index contributed by atoms with van der Waals surface area (Å²) in [6.45, 7) is 2.13. The molecular formula is C20H16N2. The Hall–Kier alpha value is -2.87. The van der Waals surface area contributed by atoms with Crippen LogP contribution in [0.4, 0.5) is 0 Å². The fourth-order valence-corrected chi connectivity index (χ4v) is 2.87. The third kappa shape index (κ3) is 2.01. The van der Waals surface area contributed by atoms with Gasteiger partial charge in [-0.25, -0.2) is 4.68 Å². The van der Waals surface area contributed by atoms with Crippen molar-refractivity contribution in [3.63, 3.8) is 0 Å². The number of benzene rings is 3.